The first-order valence-corrected chi connectivity index (χ1v) is 23.9. The first-order valence-electron chi connectivity index (χ1n) is 23.9. The number of para-hydroxylation sites is 4. The van der Waals surface area contributed by atoms with Crippen LogP contribution in [0.3, 0.4) is 0 Å². The minimum Gasteiger partial charge on any atom is -0.311 e. The quantitative estimate of drug-likeness (QED) is 0.101. The average Bonchev–Trinajstić information content (AvgIpc) is 3.44. The van der Waals surface area contributed by atoms with E-state index < -0.39 is 0 Å². The fourth-order valence-corrected chi connectivity index (χ4v) is 9.55. The molecule has 0 saturated heterocycles. The second-order valence-corrected chi connectivity index (χ2v) is 17.4. The van der Waals surface area contributed by atoms with E-state index in [-0.39, 0.29) is 5.92 Å². The number of rotatable bonds is 14. The first kappa shape index (κ1) is 43.4. The molecule has 0 aromatic heterocycles. The van der Waals surface area contributed by atoms with Crippen LogP contribution in [0.25, 0.3) is 22.3 Å². The molecule has 3 heteroatoms. The van der Waals surface area contributed by atoms with Crippen LogP contribution in [0.5, 0.6) is 0 Å². The molecule has 0 unspecified atom stereocenters. The van der Waals surface area contributed by atoms with Gasteiger partial charge in [0.25, 0.3) is 0 Å². The van der Waals surface area contributed by atoms with Gasteiger partial charge in [0.1, 0.15) is 0 Å². The van der Waals surface area contributed by atoms with Crippen LogP contribution >= 0.6 is 0 Å². The maximum absolute atomic E-state index is 2.35. The molecule has 0 aliphatic carbocycles. The summed E-state index contributed by atoms with van der Waals surface area (Å²) in [6.45, 7) is 0. The van der Waals surface area contributed by atoms with Gasteiger partial charge in [-0.25, -0.2) is 0 Å². The van der Waals surface area contributed by atoms with Gasteiger partial charge in [0, 0.05) is 57.1 Å². The highest BCUT2D eigenvalue weighted by Gasteiger charge is 2.19. The Morgan fingerprint density at radius 2 is 0.329 bits per heavy atom. The van der Waals surface area contributed by atoms with E-state index in [2.05, 4.69) is 318 Å². The Balaban J connectivity index is 0.918. The van der Waals surface area contributed by atoms with Gasteiger partial charge in [-0.2, -0.15) is 0 Å². The van der Waals surface area contributed by atoms with Crippen molar-refractivity contribution < 1.29 is 0 Å². The van der Waals surface area contributed by atoms with E-state index in [4.69, 9.17) is 0 Å². The molecular weight excluding hydrogens is 847 g/mol. The highest BCUT2D eigenvalue weighted by Crippen LogP contribution is 2.41. The Kier molecular flexibility index (Phi) is 12.6. The Labute approximate surface area is 412 Å². The minimum atomic E-state index is 0.154. The first-order chi connectivity index (χ1) is 34.7. The van der Waals surface area contributed by atoms with Gasteiger partial charge in [-0.05, 0) is 148 Å². The highest BCUT2D eigenvalue weighted by atomic mass is 15.2. The molecule has 0 radical (unpaired) electrons. The predicted octanol–water partition coefficient (Wildman–Crippen LogP) is 18.6. The van der Waals surface area contributed by atoms with Crippen molar-refractivity contribution in [1.82, 2.24) is 0 Å². The smallest absolute Gasteiger partial charge is 0.0463 e. The summed E-state index contributed by atoms with van der Waals surface area (Å²) in [6, 6.07) is 109. The van der Waals surface area contributed by atoms with Crippen molar-refractivity contribution in [2.45, 2.75) is 5.92 Å². The van der Waals surface area contributed by atoms with E-state index in [1.807, 2.05) is 0 Å². The van der Waals surface area contributed by atoms with Crippen LogP contribution in [-0.4, -0.2) is 0 Å². The zero-order valence-electron chi connectivity index (χ0n) is 38.8. The lowest BCUT2D eigenvalue weighted by atomic mass is 9.84. The highest BCUT2D eigenvalue weighted by molar-refractivity contribution is 5.84. The lowest BCUT2D eigenvalue weighted by Gasteiger charge is -2.28. The van der Waals surface area contributed by atoms with Gasteiger partial charge in [0.2, 0.25) is 0 Å². The van der Waals surface area contributed by atoms with Gasteiger partial charge < -0.3 is 14.7 Å². The van der Waals surface area contributed by atoms with Crippen LogP contribution in [-0.2, 0) is 0 Å². The Hall–Kier alpha value is -9.18. The SMILES string of the molecule is c1ccc(C(c2ccccc2)c2ccc(-c3ccc(N(c4ccc(-c5ccc(N(c6ccccc6)c6ccccc6)cc5)cc4)c4ccc(N(c5ccccc5)c5ccccc5)cc4)cc3)cc2)cc1. The third-order valence-corrected chi connectivity index (χ3v) is 13.0. The molecular formula is C67H51N3. The Bertz CT molecular complexity index is 3060. The van der Waals surface area contributed by atoms with Crippen LogP contribution in [0.15, 0.2) is 303 Å². The summed E-state index contributed by atoms with van der Waals surface area (Å²) < 4.78 is 0. The normalized spacial score (nSPS) is 11.0. The molecule has 3 nitrogen and oxygen atoms in total. The van der Waals surface area contributed by atoms with Crippen molar-refractivity contribution in [3.8, 4) is 22.3 Å². The molecule has 0 aliphatic heterocycles. The molecule has 0 saturated carbocycles. The molecule has 0 N–H and O–H groups in total. The van der Waals surface area contributed by atoms with Gasteiger partial charge in [-0.15, -0.1) is 0 Å². The number of anilines is 9. The average molecular weight is 898 g/mol. The van der Waals surface area contributed by atoms with E-state index in [0.717, 1.165) is 62.3 Å². The van der Waals surface area contributed by atoms with Crippen LogP contribution in [0.4, 0.5) is 51.2 Å². The second kappa shape index (κ2) is 20.4. The summed E-state index contributed by atoms with van der Waals surface area (Å²) in [4.78, 5) is 6.94. The van der Waals surface area contributed by atoms with Crippen LogP contribution < -0.4 is 14.7 Å². The maximum atomic E-state index is 2.35. The number of hydrogen-bond acceptors (Lipinski definition) is 3. The largest absolute Gasteiger partial charge is 0.311 e. The van der Waals surface area contributed by atoms with E-state index in [0.29, 0.717) is 0 Å². The van der Waals surface area contributed by atoms with Crippen molar-refractivity contribution in [1.29, 1.82) is 0 Å². The third kappa shape index (κ3) is 9.38. The summed E-state index contributed by atoms with van der Waals surface area (Å²) in [7, 11) is 0. The van der Waals surface area contributed by atoms with E-state index in [1.54, 1.807) is 0 Å². The molecule has 70 heavy (non-hydrogen) atoms. The van der Waals surface area contributed by atoms with E-state index in [1.165, 1.54) is 27.8 Å². The summed E-state index contributed by atoms with van der Waals surface area (Å²) in [5, 5.41) is 0. The van der Waals surface area contributed by atoms with E-state index >= 15 is 0 Å². The second-order valence-electron chi connectivity index (χ2n) is 17.4. The number of benzene rings is 11. The molecule has 0 heterocycles. The summed E-state index contributed by atoms with van der Waals surface area (Å²) >= 11 is 0. The molecule has 11 rings (SSSR count). The standard InChI is InChI=1S/C67H51N3/c1-7-19-55(20-8-1)67(56-21-9-2-10-22-56)57-33-31-51(32-34-57)52-35-43-63(44-36-52)70(66-49-47-65(48-50-66)69(60-27-15-5-16-28-60)61-29-17-6-18-30-61)64-45-39-54(40-46-64)53-37-41-62(42-38-53)68(58-23-11-3-12-24-58)59-25-13-4-14-26-59/h1-50,67H. The van der Waals surface area contributed by atoms with Crippen LogP contribution in [0, 0.1) is 0 Å². The van der Waals surface area contributed by atoms with Crippen molar-refractivity contribution >= 4 is 51.2 Å². The summed E-state index contributed by atoms with van der Waals surface area (Å²) in [5.74, 6) is 0.154. The molecule has 0 aliphatic rings. The molecule has 0 atom stereocenters. The van der Waals surface area contributed by atoms with Crippen molar-refractivity contribution in [3.63, 3.8) is 0 Å². The van der Waals surface area contributed by atoms with Gasteiger partial charge >= 0.3 is 0 Å². The molecule has 11 aromatic carbocycles. The topological polar surface area (TPSA) is 9.72 Å². The van der Waals surface area contributed by atoms with Gasteiger partial charge in [-0.1, -0.05) is 194 Å². The Morgan fingerprint density at radius 3 is 0.571 bits per heavy atom. The van der Waals surface area contributed by atoms with Crippen molar-refractivity contribution in [3.05, 3.63) is 320 Å². The fraction of sp³-hybridized carbons (Fsp3) is 0.0149. The molecule has 11 aromatic rings. The summed E-state index contributed by atoms with van der Waals surface area (Å²) in [5.41, 5.74) is 18.3. The maximum Gasteiger partial charge on any atom is 0.0463 e. The van der Waals surface area contributed by atoms with Crippen molar-refractivity contribution in [2.24, 2.45) is 0 Å². The van der Waals surface area contributed by atoms with Crippen LogP contribution in [0.1, 0.15) is 22.6 Å². The monoisotopic (exact) mass is 897 g/mol. The zero-order valence-corrected chi connectivity index (χ0v) is 38.8. The Morgan fingerprint density at radius 1 is 0.157 bits per heavy atom. The molecule has 334 valence electrons. The number of hydrogen-bond donors (Lipinski definition) is 0. The molecule has 0 spiro atoms. The minimum absolute atomic E-state index is 0.154. The fourth-order valence-electron chi connectivity index (χ4n) is 9.55. The van der Waals surface area contributed by atoms with Crippen LogP contribution in [0.2, 0.25) is 0 Å². The molecule has 0 amide bonds. The van der Waals surface area contributed by atoms with Gasteiger partial charge in [0.15, 0.2) is 0 Å². The van der Waals surface area contributed by atoms with Gasteiger partial charge in [0.05, 0.1) is 0 Å². The lowest BCUT2D eigenvalue weighted by molar-refractivity contribution is 0.978. The lowest BCUT2D eigenvalue weighted by Crippen LogP contribution is -2.12. The van der Waals surface area contributed by atoms with Crippen molar-refractivity contribution in [2.75, 3.05) is 14.7 Å². The zero-order chi connectivity index (χ0) is 46.9. The molecule has 0 bridgehead atoms. The third-order valence-electron chi connectivity index (χ3n) is 13.0. The number of nitrogens with zero attached hydrogens (tertiary/aromatic N) is 3. The summed E-state index contributed by atoms with van der Waals surface area (Å²) in [6.07, 6.45) is 0. The predicted molar refractivity (Wildman–Crippen MR) is 295 cm³/mol. The molecule has 0 fully saturated rings. The van der Waals surface area contributed by atoms with E-state index in [9.17, 15) is 0 Å². The van der Waals surface area contributed by atoms with Gasteiger partial charge in [-0.3, -0.25) is 0 Å².